The SMILES string of the molecule is Nc1ccccc1NC(=O)/C=C/c1ccc(C(Nc2ccc(CF)cc2)C(=O)NCCN2CCOCC2)cc1. The Morgan fingerprint density at radius 2 is 1.72 bits per heavy atom. The average Bonchev–Trinajstić information content (AvgIpc) is 2.97. The fourth-order valence-electron chi connectivity index (χ4n) is 4.18. The molecule has 1 aliphatic heterocycles. The molecule has 39 heavy (non-hydrogen) atoms. The Hall–Kier alpha value is -4.21. The first-order valence-corrected chi connectivity index (χ1v) is 12.9. The summed E-state index contributed by atoms with van der Waals surface area (Å²) in [5.74, 6) is -0.464. The Balaban J connectivity index is 1.42. The molecule has 8 nitrogen and oxygen atoms in total. The van der Waals surface area contributed by atoms with E-state index in [9.17, 15) is 14.0 Å². The van der Waals surface area contributed by atoms with Gasteiger partial charge < -0.3 is 26.4 Å². The molecule has 0 aromatic heterocycles. The molecule has 9 heteroatoms. The van der Waals surface area contributed by atoms with E-state index >= 15 is 0 Å². The summed E-state index contributed by atoms with van der Waals surface area (Å²) in [7, 11) is 0. The summed E-state index contributed by atoms with van der Waals surface area (Å²) in [4.78, 5) is 27.8. The molecule has 204 valence electrons. The number of carbonyl (C=O) groups excluding carboxylic acids is 2. The molecule has 0 bridgehead atoms. The smallest absolute Gasteiger partial charge is 0.248 e. The zero-order chi connectivity index (χ0) is 27.5. The van der Waals surface area contributed by atoms with Crippen LogP contribution in [0, 0.1) is 0 Å². The van der Waals surface area contributed by atoms with E-state index in [1.807, 2.05) is 24.3 Å². The Bertz CT molecular complexity index is 1260. The van der Waals surface area contributed by atoms with Crippen LogP contribution in [0.25, 0.3) is 6.08 Å². The maximum absolute atomic E-state index is 13.3. The number of carbonyl (C=O) groups is 2. The van der Waals surface area contributed by atoms with E-state index in [0.29, 0.717) is 42.4 Å². The zero-order valence-corrected chi connectivity index (χ0v) is 21.7. The Kier molecular flexibility index (Phi) is 10.0. The van der Waals surface area contributed by atoms with Crippen molar-refractivity contribution >= 4 is 35.0 Å². The maximum atomic E-state index is 13.3. The Morgan fingerprint density at radius 1 is 1.00 bits per heavy atom. The molecule has 5 N–H and O–H groups in total. The van der Waals surface area contributed by atoms with Crippen molar-refractivity contribution in [3.05, 3.63) is 95.6 Å². The molecule has 0 saturated carbocycles. The van der Waals surface area contributed by atoms with Gasteiger partial charge in [-0.3, -0.25) is 14.5 Å². The van der Waals surface area contributed by atoms with E-state index in [2.05, 4.69) is 20.9 Å². The second kappa shape index (κ2) is 14.1. The van der Waals surface area contributed by atoms with Gasteiger partial charge in [-0.1, -0.05) is 48.5 Å². The number of halogens is 1. The molecule has 1 heterocycles. The molecular weight excluding hydrogens is 497 g/mol. The van der Waals surface area contributed by atoms with Crippen molar-refractivity contribution in [2.45, 2.75) is 12.7 Å². The number of nitrogen functional groups attached to an aromatic ring is 1. The second-order valence-corrected chi connectivity index (χ2v) is 9.23. The number of nitrogens with two attached hydrogens (primary N) is 1. The highest BCUT2D eigenvalue weighted by Crippen LogP contribution is 2.22. The number of hydrogen-bond donors (Lipinski definition) is 4. The van der Waals surface area contributed by atoms with Crippen LogP contribution in [0.15, 0.2) is 78.9 Å². The lowest BCUT2D eigenvalue weighted by Crippen LogP contribution is -2.42. The summed E-state index contributed by atoms with van der Waals surface area (Å²) in [5, 5.41) is 9.06. The normalized spacial score (nSPS) is 14.6. The van der Waals surface area contributed by atoms with Gasteiger partial charge >= 0.3 is 0 Å². The predicted molar refractivity (Wildman–Crippen MR) is 153 cm³/mol. The van der Waals surface area contributed by atoms with Gasteiger partial charge in [-0.15, -0.1) is 0 Å². The third-order valence-electron chi connectivity index (χ3n) is 6.43. The van der Waals surface area contributed by atoms with Gasteiger partial charge in [0.15, 0.2) is 0 Å². The number of rotatable bonds is 11. The molecule has 1 aliphatic rings. The lowest BCUT2D eigenvalue weighted by Gasteiger charge is -2.27. The van der Waals surface area contributed by atoms with Crippen molar-refractivity contribution in [1.82, 2.24) is 10.2 Å². The fraction of sp³-hybridized carbons (Fsp3) is 0.267. The van der Waals surface area contributed by atoms with E-state index in [0.717, 1.165) is 30.8 Å². The second-order valence-electron chi connectivity index (χ2n) is 9.23. The van der Waals surface area contributed by atoms with Crippen LogP contribution in [-0.2, 0) is 21.0 Å². The molecule has 1 fully saturated rings. The van der Waals surface area contributed by atoms with Crippen LogP contribution in [0.4, 0.5) is 21.5 Å². The summed E-state index contributed by atoms with van der Waals surface area (Å²) in [6.07, 6.45) is 3.13. The highest BCUT2D eigenvalue weighted by Gasteiger charge is 2.21. The van der Waals surface area contributed by atoms with Crippen molar-refractivity contribution in [3.63, 3.8) is 0 Å². The Morgan fingerprint density at radius 3 is 2.41 bits per heavy atom. The van der Waals surface area contributed by atoms with E-state index < -0.39 is 12.7 Å². The van der Waals surface area contributed by atoms with Crippen LogP contribution in [0.3, 0.4) is 0 Å². The van der Waals surface area contributed by atoms with E-state index in [1.165, 1.54) is 6.08 Å². The van der Waals surface area contributed by atoms with Gasteiger partial charge in [0.1, 0.15) is 12.7 Å². The molecule has 1 saturated heterocycles. The van der Waals surface area contributed by atoms with Crippen LogP contribution in [0.2, 0.25) is 0 Å². The lowest BCUT2D eigenvalue weighted by atomic mass is 10.0. The monoisotopic (exact) mass is 531 g/mol. The van der Waals surface area contributed by atoms with Crippen LogP contribution in [0.1, 0.15) is 22.7 Å². The van der Waals surface area contributed by atoms with Crippen LogP contribution < -0.4 is 21.7 Å². The number of ether oxygens (including phenoxy) is 1. The summed E-state index contributed by atoms with van der Waals surface area (Å²) in [6.45, 7) is 3.82. The average molecular weight is 532 g/mol. The van der Waals surface area contributed by atoms with Gasteiger partial charge in [0.25, 0.3) is 0 Å². The number of anilines is 3. The highest BCUT2D eigenvalue weighted by molar-refractivity contribution is 6.03. The number of para-hydroxylation sites is 2. The fourth-order valence-corrected chi connectivity index (χ4v) is 4.18. The lowest BCUT2D eigenvalue weighted by molar-refractivity contribution is -0.122. The topological polar surface area (TPSA) is 109 Å². The minimum absolute atomic E-state index is 0.166. The first kappa shape index (κ1) is 27.8. The van der Waals surface area contributed by atoms with E-state index in [4.69, 9.17) is 10.5 Å². The molecule has 3 aromatic rings. The number of nitrogens with one attached hydrogen (secondary N) is 3. The third-order valence-corrected chi connectivity index (χ3v) is 6.43. The quantitative estimate of drug-likeness (QED) is 0.220. The van der Waals surface area contributed by atoms with Gasteiger partial charge in [0.05, 0.1) is 24.6 Å². The van der Waals surface area contributed by atoms with Crippen molar-refractivity contribution in [3.8, 4) is 0 Å². The number of amides is 2. The Labute approximate surface area is 228 Å². The number of hydrogen-bond acceptors (Lipinski definition) is 6. The minimum atomic E-state index is -0.659. The summed E-state index contributed by atoms with van der Waals surface area (Å²) < 4.78 is 18.3. The largest absolute Gasteiger partial charge is 0.397 e. The molecule has 3 aromatic carbocycles. The minimum Gasteiger partial charge on any atom is -0.397 e. The van der Waals surface area contributed by atoms with Crippen molar-refractivity contribution in [2.75, 3.05) is 55.8 Å². The predicted octanol–water partition coefficient (Wildman–Crippen LogP) is 3.99. The molecule has 4 rings (SSSR count). The van der Waals surface area contributed by atoms with Gasteiger partial charge in [-0.05, 0) is 47.0 Å². The third kappa shape index (κ3) is 8.39. The van der Waals surface area contributed by atoms with E-state index in [1.54, 1.807) is 54.6 Å². The molecule has 0 radical (unpaired) electrons. The van der Waals surface area contributed by atoms with Crippen LogP contribution in [-0.4, -0.2) is 56.1 Å². The standard InChI is InChI=1S/C30H34FN5O3/c31-21-23-7-12-25(13-8-23)34-29(30(38)33-15-16-36-17-19-39-20-18-36)24-10-5-22(6-11-24)9-14-28(37)35-27-4-2-1-3-26(27)32/h1-14,29,34H,15-21,32H2,(H,33,38)(H,35,37)/b14-9+. The van der Waals surface area contributed by atoms with Crippen LogP contribution in [0.5, 0.6) is 0 Å². The summed E-state index contributed by atoms with van der Waals surface area (Å²) in [5.41, 5.74) is 9.76. The summed E-state index contributed by atoms with van der Waals surface area (Å²) in [6, 6.07) is 20.7. The molecule has 1 unspecified atom stereocenters. The van der Waals surface area contributed by atoms with Gasteiger partial charge in [-0.25, -0.2) is 4.39 Å². The first-order valence-electron chi connectivity index (χ1n) is 12.9. The van der Waals surface area contributed by atoms with Crippen molar-refractivity contribution in [1.29, 1.82) is 0 Å². The maximum Gasteiger partial charge on any atom is 0.248 e. The first-order chi connectivity index (χ1) is 19.0. The number of benzene rings is 3. The number of nitrogens with zero attached hydrogens (tertiary/aromatic N) is 1. The molecular formula is C30H34FN5O3. The van der Waals surface area contributed by atoms with Crippen LogP contribution >= 0.6 is 0 Å². The molecule has 2 amide bonds. The summed E-state index contributed by atoms with van der Waals surface area (Å²) >= 11 is 0. The highest BCUT2D eigenvalue weighted by atomic mass is 19.1. The molecule has 0 spiro atoms. The van der Waals surface area contributed by atoms with Gasteiger partial charge in [0, 0.05) is 37.9 Å². The zero-order valence-electron chi connectivity index (χ0n) is 21.7. The molecule has 0 aliphatic carbocycles. The number of alkyl halides is 1. The van der Waals surface area contributed by atoms with Gasteiger partial charge in [0.2, 0.25) is 11.8 Å². The number of morpholine rings is 1. The van der Waals surface area contributed by atoms with Gasteiger partial charge in [-0.2, -0.15) is 0 Å². The van der Waals surface area contributed by atoms with E-state index in [-0.39, 0.29) is 11.8 Å². The van der Waals surface area contributed by atoms with Crippen molar-refractivity contribution < 1.29 is 18.7 Å². The molecule has 1 atom stereocenters. The van der Waals surface area contributed by atoms with Crippen molar-refractivity contribution in [2.24, 2.45) is 0 Å².